The second-order valence-electron chi connectivity index (χ2n) is 6.65. The van der Waals surface area contributed by atoms with Crippen LogP contribution in [0.2, 0.25) is 0 Å². The predicted octanol–water partition coefficient (Wildman–Crippen LogP) is 2.55. The minimum absolute atomic E-state index is 0.558. The minimum atomic E-state index is 0.558. The van der Waals surface area contributed by atoms with Gasteiger partial charge in [0.2, 0.25) is 5.95 Å². The van der Waals surface area contributed by atoms with Crippen molar-refractivity contribution < 1.29 is 0 Å². The summed E-state index contributed by atoms with van der Waals surface area (Å²) in [6.45, 7) is 4.42. The van der Waals surface area contributed by atoms with Gasteiger partial charge in [-0.15, -0.1) is 0 Å². The molecule has 1 aromatic carbocycles. The van der Waals surface area contributed by atoms with Crippen molar-refractivity contribution in [2.45, 2.75) is 18.9 Å². The van der Waals surface area contributed by atoms with Gasteiger partial charge >= 0.3 is 0 Å². The van der Waals surface area contributed by atoms with E-state index in [9.17, 15) is 0 Å². The molecule has 0 atom stereocenters. The van der Waals surface area contributed by atoms with Crippen LogP contribution >= 0.6 is 0 Å². The summed E-state index contributed by atoms with van der Waals surface area (Å²) >= 11 is 0. The molecule has 6 nitrogen and oxygen atoms in total. The molecule has 2 aliphatic rings. The number of likely N-dealkylation sites (N-methyl/N-ethyl adjacent to an activating group) is 1. The lowest BCUT2D eigenvalue weighted by Gasteiger charge is -2.34. The Balaban J connectivity index is 1.39. The first-order chi connectivity index (χ1) is 11.8. The Kier molecular flexibility index (Phi) is 4.21. The SMILES string of the molecule is CN1CCN(c2ccc(Nc3ccnc(NC4CC4)n3)cc2)CC1. The molecule has 1 aliphatic heterocycles. The average Bonchev–Trinajstić information content (AvgIpc) is 3.41. The van der Waals surface area contributed by atoms with E-state index in [0.717, 1.165) is 37.7 Å². The molecule has 0 bridgehead atoms. The Hall–Kier alpha value is -2.34. The molecule has 24 heavy (non-hydrogen) atoms. The molecule has 0 amide bonds. The van der Waals surface area contributed by atoms with E-state index in [0.29, 0.717) is 12.0 Å². The van der Waals surface area contributed by atoms with Crippen molar-refractivity contribution in [3.05, 3.63) is 36.5 Å². The number of hydrogen-bond acceptors (Lipinski definition) is 6. The van der Waals surface area contributed by atoms with Crippen molar-refractivity contribution in [2.24, 2.45) is 0 Å². The molecule has 1 saturated heterocycles. The highest BCUT2D eigenvalue weighted by atomic mass is 15.2. The first kappa shape index (κ1) is 15.2. The maximum atomic E-state index is 4.52. The normalized spacial score (nSPS) is 18.5. The highest BCUT2D eigenvalue weighted by Gasteiger charge is 2.21. The van der Waals surface area contributed by atoms with Gasteiger partial charge in [-0.2, -0.15) is 4.98 Å². The van der Waals surface area contributed by atoms with E-state index in [-0.39, 0.29) is 0 Å². The van der Waals surface area contributed by atoms with Gasteiger partial charge in [0.25, 0.3) is 0 Å². The molecule has 6 heteroatoms. The van der Waals surface area contributed by atoms with E-state index in [1.807, 2.05) is 6.07 Å². The van der Waals surface area contributed by atoms with Crippen molar-refractivity contribution in [2.75, 3.05) is 48.8 Å². The molecule has 0 spiro atoms. The Labute approximate surface area is 142 Å². The maximum Gasteiger partial charge on any atom is 0.224 e. The first-order valence-corrected chi connectivity index (χ1v) is 8.66. The van der Waals surface area contributed by atoms with Crippen LogP contribution in [-0.2, 0) is 0 Å². The standard InChI is InChI=1S/C18H24N6/c1-23-10-12-24(13-11-23)16-6-4-14(5-7-16)20-17-8-9-19-18(22-17)21-15-2-3-15/h4-9,15H,2-3,10-13H2,1H3,(H2,19,20,21,22). The van der Waals surface area contributed by atoms with Gasteiger partial charge in [-0.05, 0) is 50.2 Å². The first-order valence-electron chi connectivity index (χ1n) is 8.66. The third kappa shape index (κ3) is 3.76. The van der Waals surface area contributed by atoms with Crippen LogP contribution in [0.25, 0.3) is 0 Å². The third-order valence-corrected chi connectivity index (χ3v) is 4.57. The van der Waals surface area contributed by atoms with Gasteiger partial charge in [-0.3, -0.25) is 0 Å². The summed E-state index contributed by atoms with van der Waals surface area (Å²) in [4.78, 5) is 13.6. The molecular formula is C18H24N6. The summed E-state index contributed by atoms with van der Waals surface area (Å²) in [6, 6.07) is 11.0. The van der Waals surface area contributed by atoms with Crippen LogP contribution in [0, 0.1) is 0 Å². The fraction of sp³-hybridized carbons (Fsp3) is 0.444. The van der Waals surface area contributed by atoms with Crippen LogP contribution in [-0.4, -0.2) is 54.1 Å². The van der Waals surface area contributed by atoms with Crippen LogP contribution in [0.4, 0.5) is 23.1 Å². The number of hydrogen-bond donors (Lipinski definition) is 2. The number of nitrogens with zero attached hydrogens (tertiary/aromatic N) is 4. The molecule has 4 rings (SSSR count). The molecular weight excluding hydrogens is 300 g/mol. The van der Waals surface area contributed by atoms with E-state index in [4.69, 9.17) is 0 Å². The summed E-state index contributed by atoms with van der Waals surface area (Å²) < 4.78 is 0. The van der Waals surface area contributed by atoms with Crippen LogP contribution in [0.5, 0.6) is 0 Å². The molecule has 1 aliphatic carbocycles. The summed E-state index contributed by atoms with van der Waals surface area (Å²) in [6.07, 6.45) is 4.22. The van der Waals surface area contributed by atoms with Gasteiger partial charge in [0, 0.05) is 49.8 Å². The van der Waals surface area contributed by atoms with Crippen molar-refractivity contribution >= 4 is 23.1 Å². The number of piperazine rings is 1. The van der Waals surface area contributed by atoms with Crippen molar-refractivity contribution in [3.63, 3.8) is 0 Å². The van der Waals surface area contributed by atoms with Crippen molar-refractivity contribution in [1.29, 1.82) is 0 Å². The number of nitrogens with one attached hydrogen (secondary N) is 2. The maximum absolute atomic E-state index is 4.52. The highest BCUT2D eigenvalue weighted by Crippen LogP contribution is 2.24. The Bertz CT molecular complexity index is 674. The van der Waals surface area contributed by atoms with Gasteiger partial charge in [0.05, 0.1) is 0 Å². The molecule has 2 N–H and O–H groups in total. The number of aromatic nitrogens is 2. The molecule has 2 aromatic rings. The third-order valence-electron chi connectivity index (χ3n) is 4.57. The molecule has 1 aromatic heterocycles. The van der Waals surface area contributed by atoms with E-state index < -0.39 is 0 Å². The van der Waals surface area contributed by atoms with E-state index in [1.165, 1.54) is 18.5 Å². The van der Waals surface area contributed by atoms with Crippen molar-refractivity contribution in [1.82, 2.24) is 14.9 Å². The Morgan fingerprint density at radius 3 is 2.46 bits per heavy atom. The lowest BCUT2D eigenvalue weighted by atomic mass is 10.2. The quantitative estimate of drug-likeness (QED) is 0.881. The highest BCUT2D eigenvalue weighted by molar-refractivity contribution is 5.61. The fourth-order valence-corrected chi connectivity index (χ4v) is 2.88. The lowest BCUT2D eigenvalue weighted by Crippen LogP contribution is -2.44. The minimum Gasteiger partial charge on any atom is -0.369 e. The van der Waals surface area contributed by atoms with Gasteiger partial charge in [0.15, 0.2) is 0 Å². The van der Waals surface area contributed by atoms with Gasteiger partial charge < -0.3 is 20.4 Å². The van der Waals surface area contributed by atoms with Gasteiger partial charge in [-0.1, -0.05) is 0 Å². The second-order valence-corrected chi connectivity index (χ2v) is 6.65. The Morgan fingerprint density at radius 2 is 1.75 bits per heavy atom. The van der Waals surface area contributed by atoms with E-state index >= 15 is 0 Å². The lowest BCUT2D eigenvalue weighted by molar-refractivity contribution is 0.313. The van der Waals surface area contributed by atoms with Gasteiger partial charge in [-0.25, -0.2) is 4.98 Å². The van der Waals surface area contributed by atoms with Crippen molar-refractivity contribution in [3.8, 4) is 0 Å². The molecule has 2 heterocycles. The number of benzene rings is 1. The number of anilines is 4. The molecule has 126 valence electrons. The Morgan fingerprint density at radius 1 is 1.00 bits per heavy atom. The monoisotopic (exact) mass is 324 g/mol. The smallest absolute Gasteiger partial charge is 0.224 e. The summed E-state index contributed by atoms with van der Waals surface area (Å²) in [5.74, 6) is 1.53. The van der Waals surface area contributed by atoms with Crippen LogP contribution in [0.3, 0.4) is 0 Å². The zero-order chi connectivity index (χ0) is 16.4. The summed E-state index contributed by atoms with van der Waals surface area (Å²) in [7, 11) is 2.18. The number of rotatable bonds is 5. The van der Waals surface area contributed by atoms with E-state index in [2.05, 4.69) is 61.7 Å². The molecule has 2 fully saturated rings. The second kappa shape index (κ2) is 6.65. The van der Waals surface area contributed by atoms with Crippen LogP contribution in [0.15, 0.2) is 36.5 Å². The fourth-order valence-electron chi connectivity index (χ4n) is 2.88. The van der Waals surface area contributed by atoms with Gasteiger partial charge in [0.1, 0.15) is 5.82 Å². The zero-order valence-electron chi connectivity index (χ0n) is 14.1. The van der Waals surface area contributed by atoms with Crippen LogP contribution < -0.4 is 15.5 Å². The molecule has 0 radical (unpaired) electrons. The molecule has 0 unspecified atom stereocenters. The predicted molar refractivity (Wildman–Crippen MR) is 98.1 cm³/mol. The largest absolute Gasteiger partial charge is 0.369 e. The summed E-state index contributed by atoms with van der Waals surface area (Å²) in [5, 5.41) is 6.68. The zero-order valence-corrected chi connectivity index (χ0v) is 14.1. The molecule has 1 saturated carbocycles. The average molecular weight is 324 g/mol. The van der Waals surface area contributed by atoms with Crippen LogP contribution in [0.1, 0.15) is 12.8 Å². The van der Waals surface area contributed by atoms with E-state index in [1.54, 1.807) is 6.20 Å². The summed E-state index contributed by atoms with van der Waals surface area (Å²) in [5.41, 5.74) is 2.33. The topological polar surface area (TPSA) is 56.3 Å².